The summed E-state index contributed by atoms with van der Waals surface area (Å²) in [6.07, 6.45) is 0. The van der Waals surface area contributed by atoms with Gasteiger partial charge in [0.25, 0.3) is 0 Å². The van der Waals surface area contributed by atoms with E-state index in [2.05, 4.69) is 9.97 Å². The number of nitrogens with one attached hydrogen (secondary N) is 2. The normalized spacial score (nSPS) is 10.1. The van der Waals surface area contributed by atoms with Crippen molar-refractivity contribution in [3.63, 3.8) is 0 Å². The Morgan fingerprint density at radius 2 is 1.67 bits per heavy atom. The number of fused-ring (bicyclic) bond motifs is 1. The van der Waals surface area contributed by atoms with Crippen LogP contribution in [0.1, 0.15) is 5.56 Å². The van der Waals surface area contributed by atoms with Gasteiger partial charge >= 0.3 is 11.1 Å². The number of nitrogen functional groups attached to an aromatic ring is 1. The van der Waals surface area contributed by atoms with Crippen LogP contribution < -0.4 is 16.9 Å². The summed E-state index contributed by atoms with van der Waals surface area (Å²) >= 11 is 0. The predicted molar refractivity (Wildman–Crippen MR) is 54.3 cm³/mol. The van der Waals surface area contributed by atoms with Crippen LogP contribution in [0.5, 0.6) is 0 Å². The summed E-state index contributed by atoms with van der Waals surface area (Å²) in [5.74, 6) is 0. The van der Waals surface area contributed by atoms with E-state index in [4.69, 9.17) is 11.0 Å². The maximum absolute atomic E-state index is 11.0. The first kappa shape index (κ1) is 9.02. The van der Waals surface area contributed by atoms with Crippen molar-refractivity contribution in [1.82, 2.24) is 9.97 Å². The maximum atomic E-state index is 11.0. The molecule has 2 aromatic rings. The molecule has 0 aliphatic rings. The molecule has 0 atom stereocenters. The zero-order chi connectivity index (χ0) is 11.0. The molecule has 0 radical (unpaired) electrons. The van der Waals surface area contributed by atoms with E-state index in [9.17, 15) is 9.59 Å². The molecular weight excluding hydrogens is 196 g/mol. The van der Waals surface area contributed by atoms with Crippen molar-refractivity contribution in [1.29, 1.82) is 5.26 Å². The van der Waals surface area contributed by atoms with Crippen molar-refractivity contribution in [2.75, 3.05) is 5.73 Å². The summed E-state index contributed by atoms with van der Waals surface area (Å²) in [7, 11) is 0. The summed E-state index contributed by atoms with van der Waals surface area (Å²) in [5.41, 5.74) is 5.34. The Kier molecular flexibility index (Phi) is 1.80. The number of anilines is 1. The lowest BCUT2D eigenvalue weighted by molar-refractivity contribution is 1.15. The summed E-state index contributed by atoms with van der Waals surface area (Å²) in [5, 5.41) is 8.71. The van der Waals surface area contributed by atoms with Crippen LogP contribution in [0.25, 0.3) is 11.0 Å². The van der Waals surface area contributed by atoms with Crippen molar-refractivity contribution >= 4 is 16.7 Å². The van der Waals surface area contributed by atoms with Crippen molar-refractivity contribution in [2.45, 2.75) is 0 Å². The van der Waals surface area contributed by atoms with Crippen molar-refractivity contribution in [2.24, 2.45) is 0 Å². The monoisotopic (exact) mass is 202 g/mol. The van der Waals surface area contributed by atoms with Gasteiger partial charge in [0.2, 0.25) is 0 Å². The Morgan fingerprint density at radius 1 is 1.13 bits per heavy atom. The number of H-pyrrole nitrogens is 2. The number of hydrogen-bond acceptors (Lipinski definition) is 4. The summed E-state index contributed by atoms with van der Waals surface area (Å²) in [4.78, 5) is 26.7. The zero-order valence-corrected chi connectivity index (χ0v) is 7.50. The summed E-state index contributed by atoms with van der Waals surface area (Å²) in [6, 6.07) is 4.74. The Bertz CT molecular complexity index is 690. The molecule has 4 N–H and O–H groups in total. The van der Waals surface area contributed by atoms with Gasteiger partial charge in [0, 0.05) is 0 Å². The highest BCUT2D eigenvalue weighted by Crippen LogP contribution is 2.16. The summed E-state index contributed by atoms with van der Waals surface area (Å²) in [6.45, 7) is 0. The minimum absolute atomic E-state index is 0.255. The molecule has 6 nitrogen and oxygen atoms in total. The van der Waals surface area contributed by atoms with Gasteiger partial charge in [-0.05, 0) is 12.1 Å². The second kappa shape index (κ2) is 2.99. The lowest BCUT2D eigenvalue weighted by Gasteiger charge is -2.00. The Morgan fingerprint density at radius 3 is 2.20 bits per heavy atom. The molecule has 1 aromatic carbocycles. The van der Waals surface area contributed by atoms with Crippen LogP contribution in [0.4, 0.5) is 5.69 Å². The van der Waals surface area contributed by atoms with Gasteiger partial charge in [0.15, 0.2) is 0 Å². The van der Waals surface area contributed by atoms with Crippen LogP contribution in [0, 0.1) is 11.3 Å². The van der Waals surface area contributed by atoms with E-state index in [1.165, 1.54) is 12.1 Å². The van der Waals surface area contributed by atoms with Crippen molar-refractivity contribution < 1.29 is 0 Å². The van der Waals surface area contributed by atoms with Crippen LogP contribution in [0.2, 0.25) is 0 Å². The third-order valence-corrected chi connectivity index (χ3v) is 2.01. The molecule has 6 heteroatoms. The van der Waals surface area contributed by atoms with Gasteiger partial charge in [-0.3, -0.25) is 9.59 Å². The number of benzene rings is 1. The minimum atomic E-state index is -0.754. The van der Waals surface area contributed by atoms with E-state index in [1.807, 2.05) is 6.07 Å². The van der Waals surface area contributed by atoms with Crippen molar-refractivity contribution in [3.8, 4) is 6.07 Å². The van der Waals surface area contributed by atoms with Gasteiger partial charge < -0.3 is 15.7 Å². The van der Waals surface area contributed by atoms with Crippen LogP contribution in [-0.2, 0) is 0 Å². The van der Waals surface area contributed by atoms with Gasteiger partial charge in [0.1, 0.15) is 6.07 Å². The molecule has 0 saturated carbocycles. The number of nitriles is 1. The largest absolute Gasteiger partial charge is 0.398 e. The Hall–Kier alpha value is -2.55. The average Bonchev–Trinajstić information content (AvgIpc) is 2.20. The highest BCUT2D eigenvalue weighted by molar-refractivity contribution is 5.81. The highest BCUT2D eigenvalue weighted by atomic mass is 16.2. The molecule has 1 heterocycles. The quantitative estimate of drug-likeness (QED) is 0.400. The lowest BCUT2D eigenvalue weighted by Crippen LogP contribution is -2.28. The molecule has 0 aliphatic carbocycles. The first-order valence-electron chi connectivity index (χ1n) is 4.08. The molecule has 0 bridgehead atoms. The molecule has 74 valence electrons. The molecular formula is C9H6N4O2. The van der Waals surface area contributed by atoms with E-state index in [1.54, 1.807) is 0 Å². The van der Waals surface area contributed by atoms with Gasteiger partial charge in [-0.25, -0.2) is 0 Å². The molecule has 0 unspecified atom stereocenters. The van der Waals surface area contributed by atoms with E-state index in [-0.39, 0.29) is 11.3 Å². The Labute approximate surface area is 83.0 Å². The fraction of sp³-hybridized carbons (Fsp3) is 0. The SMILES string of the molecule is N#Cc1cc2[nH]c(=O)c(=O)[nH]c2cc1N. The number of aromatic nitrogens is 2. The average molecular weight is 202 g/mol. The number of nitrogens with two attached hydrogens (primary N) is 1. The van der Waals surface area contributed by atoms with Crippen LogP contribution in [0.15, 0.2) is 21.7 Å². The smallest absolute Gasteiger partial charge is 0.314 e. The number of hydrogen-bond donors (Lipinski definition) is 3. The van der Waals surface area contributed by atoms with E-state index < -0.39 is 11.1 Å². The highest BCUT2D eigenvalue weighted by Gasteiger charge is 2.04. The number of rotatable bonds is 0. The van der Waals surface area contributed by atoms with E-state index in [0.717, 1.165) is 0 Å². The number of nitrogens with zero attached hydrogens (tertiary/aromatic N) is 1. The van der Waals surface area contributed by atoms with Crippen molar-refractivity contribution in [3.05, 3.63) is 38.4 Å². The minimum Gasteiger partial charge on any atom is -0.398 e. The van der Waals surface area contributed by atoms with Crippen LogP contribution >= 0.6 is 0 Å². The summed E-state index contributed by atoms with van der Waals surface area (Å²) < 4.78 is 0. The van der Waals surface area contributed by atoms with Gasteiger partial charge in [-0.15, -0.1) is 0 Å². The predicted octanol–water partition coefficient (Wildman–Crippen LogP) is -0.330. The molecule has 1 aromatic heterocycles. The van der Waals surface area contributed by atoms with Crippen LogP contribution in [-0.4, -0.2) is 9.97 Å². The molecule has 2 rings (SSSR count). The third kappa shape index (κ3) is 1.36. The van der Waals surface area contributed by atoms with Gasteiger partial charge in [-0.2, -0.15) is 5.26 Å². The fourth-order valence-corrected chi connectivity index (χ4v) is 1.28. The number of aromatic amines is 2. The second-order valence-electron chi connectivity index (χ2n) is 3.01. The topological polar surface area (TPSA) is 116 Å². The molecule has 15 heavy (non-hydrogen) atoms. The first-order valence-corrected chi connectivity index (χ1v) is 4.08. The van der Waals surface area contributed by atoms with E-state index in [0.29, 0.717) is 11.0 Å². The molecule has 0 saturated heterocycles. The lowest BCUT2D eigenvalue weighted by atomic mass is 10.1. The fourth-order valence-electron chi connectivity index (χ4n) is 1.28. The molecule has 0 aliphatic heterocycles. The second-order valence-corrected chi connectivity index (χ2v) is 3.01. The molecule has 0 spiro atoms. The maximum Gasteiger partial charge on any atom is 0.314 e. The first-order chi connectivity index (χ1) is 7.11. The van der Waals surface area contributed by atoms with Gasteiger partial charge in [-0.1, -0.05) is 0 Å². The Balaban J connectivity index is 2.96. The van der Waals surface area contributed by atoms with Gasteiger partial charge in [0.05, 0.1) is 22.3 Å². The molecule has 0 amide bonds. The third-order valence-electron chi connectivity index (χ3n) is 2.01. The van der Waals surface area contributed by atoms with Crippen LogP contribution in [0.3, 0.4) is 0 Å². The van der Waals surface area contributed by atoms with E-state index >= 15 is 0 Å². The molecule has 0 fully saturated rings. The zero-order valence-electron chi connectivity index (χ0n) is 7.50. The standard InChI is InChI=1S/C9H6N4O2/c10-3-4-1-6-7(2-5(4)11)13-9(15)8(14)12-6/h1-2H,11H2,(H,12,14)(H,13,15).